The van der Waals surface area contributed by atoms with E-state index in [1.807, 2.05) is 29.6 Å². The lowest BCUT2D eigenvalue weighted by Gasteiger charge is -1.99. The number of nitrogens with two attached hydrogens (primary N) is 1. The summed E-state index contributed by atoms with van der Waals surface area (Å²) in [5.41, 5.74) is 7.36. The van der Waals surface area contributed by atoms with Gasteiger partial charge in [-0.05, 0) is 18.2 Å². The summed E-state index contributed by atoms with van der Waals surface area (Å²) in [4.78, 5) is 8.85. The van der Waals surface area contributed by atoms with Gasteiger partial charge in [-0.2, -0.15) is 4.98 Å². The van der Waals surface area contributed by atoms with Crippen LogP contribution in [0.2, 0.25) is 0 Å². The Bertz CT molecular complexity index is 740. The molecule has 0 bridgehead atoms. The van der Waals surface area contributed by atoms with Crippen molar-refractivity contribution in [2.75, 3.05) is 6.54 Å². The van der Waals surface area contributed by atoms with Crippen LogP contribution >= 0.6 is 27.3 Å². The molecule has 3 aromatic rings. The first kappa shape index (κ1) is 14.4. The molecule has 2 aromatic heterocycles. The van der Waals surface area contributed by atoms with Crippen molar-refractivity contribution < 1.29 is 4.52 Å². The van der Waals surface area contributed by atoms with E-state index >= 15 is 0 Å². The number of aromatic nitrogens is 3. The first-order chi connectivity index (χ1) is 10.3. The fourth-order valence-corrected chi connectivity index (χ4v) is 3.10. The fourth-order valence-electron chi connectivity index (χ4n) is 1.89. The summed E-state index contributed by atoms with van der Waals surface area (Å²) in [6, 6.07) is 7.99. The quantitative estimate of drug-likeness (QED) is 0.752. The summed E-state index contributed by atoms with van der Waals surface area (Å²) in [7, 11) is 0. The van der Waals surface area contributed by atoms with Gasteiger partial charge in [-0.3, -0.25) is 0 Å². The molecular formula is C14H13BrN4OS. The summed E-state index contributed by atoms with van der Waals surface area (Å²) in [6.07, 6.45) is 1.38. The lowest BCUT2D eigenvalue weighted by molar-refractivity contribution is 0.423. The SMILES string of the molecule is NCCc1nc(-c2nc(Cc3ccccc3Br)no2)cs1. The average Bonchev–Trinajstić information content (AvgIpc) is 3.11. The number of rotatable bonds is 5. The van der Waals surface area contributed by atoms with Gasteiger partial charge in [-0.25, -0.2) is 4.98 Å². The van der Waals surface area contributed by atoms with Crippen LogP contribution in [0.4, 0.5) is 0 Å². The molecule has 0 saturated heterocycles. The zero-order chi connectivity index (χ0) is 14.7. The van der Waals surface area contributed by atoms with Gasteiger partial charge in [0.1, 0.15) is 5.69 Å². The standard InChI is InChI=1S/C14H13BrN4OS/c15-10-4-2-1-3-9(10)7-12-18-14(20-19-12)11-8-21-13(17-11)5-6-16/h1-4,8H,5-7,16H2. The molecule has 0 aliphatic rings. The van der Waals surface area contributed by atoms with Gasteiger partial charge in [0.05, 0.1) is 5.01 Å². The molecule has 1 aromatic carbocycles. The molecule has 0 spiro atoms. The molecule has 0 aliphatic heterocycles. The lowest BCUT2D eigenvalue weighted by Crippen LogP contribution is -2.01. The highest BCUT2D eigenvalue weighted by molar-refractivity contribution is 9.10. The second kappa shape index (κ2) is 6.46. The Kier molecular flexibility index (Phi) is 4.42. The number of thiazole rings is 1. The molecule has 2 N–H and O–H groups in total. The average molecular weight is 365 g/mol. The van der Waals surface area contributed by atoms with Crippen LogP contribution in [-0.2, 0) is 12.8 Å². The Hall–Kier alpha value is -1.57. The van der Waals surface area contributed by atoms with E-state index in [9.17, 15) is 0 Å². The van der Waals surface area contributed by atoms with E-state index in [4.69, 9.17) is 10.3 Å². The molecule has 108 valence electrons. The second-order valence-electron chi connectivity index (χ2n) is 4.45. The highest BCUT2D eigenvalue weighted by Gasteiger charge is 2.13. The molecule has 5 nitrogen and oxygen atoms in total. The van der Waals surface area contributed by atoms with E-state index in [1.165, 1.54) is 0 Å². The highest BCUT2D eigenvalue weighted by atomic mass is 79.9. The van der Waals surface area contributed by atoms with Crippen molar-refractivity contribution in [3.8, 4) is 11.6 Å². The maximum Gasteiger partial charge on any atom is 0.277 e. The molecule has 7 heteroatoms. The molecule has 0 fully saturated rings. The van der Waals surface area contributed by atoms with Gasteiger partial charge in [0.2, 0.25) is 0 Å². The number of halogens is 1. The number of hydrogen-bond donors (Lipinski definition) is 1. The third kappa shape index (κ3) is 3.37. The van der Waals surface area contributed by atoms with Gasteiger partial charge in [0.25, 0.3) is 5.89 Å². The molecular weight excluding hydrogens is 352 g/mol. The monoisotopic (exact) mass is 364 g/mol. The van der Waals surface area contributed by atoms with Crippen molar-refractivity contribution in [2.24, 2.45) is 5.73 Å². The van der Waals surface area contributed by atoms with Crippen molar-refractivity contribution >= 4 is 27.3 Å². The second-order valence-corrected chi connectivity index (χ2v) is 6.25. The smallest absolute Gasteiger partial charge is 0.277 e. The predicted molar refractivity (Wildman–Crippen MR) is 85.1 cm³/mol. The molecule has 3 rings (SSSR count). The third-order valence-corrected chi connectivity index (χ3v) is 4.59. The van der Waals surface area contributed by atoms with Crippen LogP contribution < -0.4 is 5.73 Å². The molecule has 2 heterocycles. The van der Waals surface area contributed by atoms with Crippen LogP contribution in [0.15, 0.2) is 38.6 Å². The van der Waals surface area contributed by atoms with Crippen LogP contribution in [-0.4, -0.2) is 21.7 Å². The van der Waals surface area contributed by atoms with Crippen LogP contribution in [0.1, 0.15) is 16.4 Å². The molecule has 0 unspecified atom stereocenters. The minimum atomic E-state index is 0.455. The largest absolute Gasteiger partial charge is 0.332 e. The van der Waals surface area contributed by atoms with Gasteiger partial charge in [0.15, 0.2) is 5.82 Å². The van der Waals surface area contributed by atoms with E-state index in [0.29, 0.717) is 30.4 Å². The van der Waals surface area contributed by atoms with E-state index < -0.39 is 0 Å². The first-order valence-corrected chi connectivity index (χ1v) is 8.14. The molecule has 21 heavy (non-hydrogen) atoms. The Morgan fingerprint density at radius 2 is 2.10 bits per heavy atom. The highest BCUT2D eigenvalue weighted by Crippen LogP contribution is 2.22. The molecule has 0 atom stereocenters. The number of nitrogens with zero attached hydrogens (tertiary/aromatic N) is 3. The van der Waals surface area contributed by atoms with Crippen LogP contribution in [0.25, 0.3) is 11.6 Å². The minimum Gasteiger partial charge on any atom is -0.332 e. The maximum atomic E-state index is 5.52. The van der Waals surface area contributed by atoms with Gasteiger partial charge in [0, 0.05) is 22.7 Å². The summed E-state index contributed by atoms with van der Waals surface area (Å²) in [6.45, 7) is 0.587. The van der Waals surface area contributed by atoms with E-state index in [0.717, 1.165) is 21.5 Å². The van der Waals surface area contributed by atoms with Crippen LogP contribution in [0.3, 0.4) is 0 Å². The van der Waals surface area contributed by atoms with Gasteiger partial charge in [-0.1, -0.05) is 39.3 Å². The van der Waals surface area contributed by atoms with Crippen molar-refractivity contribution in [1.29, 1.82) is 0 Å². The number of benzene rings is 1. The van der Waals surface area contributed by atoms with Crippen molar-refractivity contribution in [2.45, 2.75) is 12.8 Å². The van der Waals surface area contributed by atoms with Crippen molar-refractivity contribution in [1.82, 2.24) is 15.1 Å². The van der Waals surface area contributed by atoms with Crippen molar-refractivity contribution in [3.05, 3.63) is 50.5 Å². The summed E-state index contributed by atoms with van der Waals surface area (Å²) < 4.78 is 6.33. The first-order valence-electron chi connectivity index (χ1n) is 6.47. The van der Waals surface area contributed by atoms with Crippen LogP contribution in [0, 0.1) is 0 Å². The zero-order valence-corrected chi connectivity index (χ0v) is 13.5. The fraction of sp³-hybridized carbons (Fsp3) is 0.214. The van der Waals surface area contributed by atoms with Gasteiger partial charge in [-0.15, -0.1) is 11.3 Å². The molecule has 0 amide bonds. The minimum absolute atomic E-state index is 0.455. The zero-order valence-electron chi connectivity index (χ0n) is 11.1. The van der Waals surface area contributed by atoms with E-state index in [-0.39, 0.29) is 0 Å². The summed E-state index contributed by atoms with van der Waals surface area (Å²) in [5, 5.41) is 6.92. The maximum absolute atomic E-state index is 5.52. The van der Waals surface area contributed by atoms with Crippen LogP contribution in [0.5, 0.6) is 0 Å². The molecule has 0 radical (unpaired) electrons. The number of hydrogen-bond acceptors (Lipinski definition) is 6. The normalized spacial score (nSPS) is 11.0. The van der Waals surface area contributed by atoms with Gasteiger partial charge < -0.3 is 10.3 Å². The molecule has 0 saturated carbocycles. The Morgan fingerprint density at radius 1 is 1.24 bits per heavy atom. The topological polar surface area (TPSA) is 77.8 Å². The Balaban J connectivity index is 1.78. The predicted octanol–water partition coefficient (Wildman–Crippen LogP) is 3.05. The van der Waals surface area contributed by atoms with Gasteiger partial charge >= 0.3 is 0 Å². The summed E-state index contributed by atoms with van der Waals surface area (Å²) in [5.74, 6) is 1.10. The third-order valence-electron chi connectivity index (χ3n) is 2.90. The van der Waals surface area contributed by atoms with E-state index in [2.05, 4.69) is 31.1 Å². The van der Waals surface area contributed by atoms with Crippen molar-refractivity contribution in [3.63, 3.8) is 0 Å². The lowest BCUT2D eigenvalue weighted by atomic mass is 10.1. The van der Waals surface area contributed by atoms with E-state index in [1.54, 1.807) is 11.3 Å². The summed E-state index contributed by atoms with van der Waals surface area (Å²) >= 11 is 5.08. The Labute approximate surface area is 134 Å². The Morgan fingerprint density at radius 3 is 2.90 bits per heavy atom. The molecule has 0 aliphatic carbocycles.